The van der Waals surface area contributed by atoms with E-state index in [0.29, 0.717) is 6.10 Å². The van der Waals surface area contributed by atoms with Crippen LogP contribution in [0.4, 0.5) is 0 Å². The molecule has 0 aromatic heterocycles. The van der Waals surface area contributed by atoms with Crippen LogP contribution >= 0.6 is 0 Å². The Morgan fingerprint density at radius 3 is 3.00 bits per heavy atom. The van der Waals surface area contributed by atoms with Crippen molar-refractivity contribution in [1.82, 2.24) is 10.6 Å². The van der Waals surface area contributed by atoms with Gasteiger partial charge in [0.15, 0.2) is 5.96 Å². The first-order valence-electron chi connectivity index (χ1n) is 10.2. The average Bonchev–Trinajstić information content (AvgIpc) is 3.21. The first-order chi connectivity index (χ1) is 13.3. The number of nitrogens with one attached hydrogen (secondary N) is 2. The van der Waals surface area contributed by atoms with Gasteiger partial charge in [-0.15, -0.1) is 0 Å². The Labute approximate surface area is 163 Å². The van der Waals surface area contributed by atoms with E-state index in [4.69, 9.17) is 14.2 Å². The van der Waals surface area contributed by atoms with Gasteiger partial charge in [0.25, 0.3) is 0 Å². The van der Waals surface area contributed by atoms with E-state index in [9.17, 15) is 0 Å². The van der Waals surface area contributed by atoms with E-state index >= 15 is 0 Å². The fourth-order valence-corrected chi connectivity index (χ4v) is 3.02. The predicted octanol–water partition coefficient (Wildman–Crippen LogP) is 2.77. The normalized spacial score (nSPS) is 17.1. The molecule has 0 amide bonds. The van der Waals surface area contributed by atoms with E-state index in [-0.39, 0.29) is 0 Å². The van der Waals surface area contributed by atoms with Crippen LogP contribution in [0.15, 0.2) is 29.3 Å². The molecule has 1 unspecified atom stereocenters. The van der Waals surface area contributed by atoms with Crippen LogP contribution in [0.5, 0.6) is 5.75 Å². The van der Waals surface area contributed by atoms with Gasteiger partial charge in [-0.2, -0.15) is 0 Å². The van der Waals surface area contributed by atoms with Crippen LogP contribution in [0, 0.1) is 0 Å². The second-order valence-corrected chi connectivity index (χ2v) is 6.71. The predicted molar refractivity (Wildman–Crippen MR) is 110 cm³/mol. The van der Waals surface area contributed by atoms with Crippen LogP contribution in [0.1, 0.15) is 38.2 Å². The Morgan fingerprint density at radius 1 is 1.30 bits per heavy atom. The molecule has 6 nitrogen and oxygen atoms in total. The lowest BCUT2D eigenvalue weighted by Crippen LogP contribution is -2.38. The van der Waals surface area contributed by atoms with Crippen molar-refractivity contribution in [2.75, 3.05) is 46.6 Å². The zero-order chi connectivity index (χ0) is 19.2. The van der Waals surface area contributed by atoms with Crippen LogP contribution in [-0.2, 0) is 15.9 Å². The number of benzene rings is 1. The maximum absolute atomic E-state index is 5.69. The minimum Gasteiger partial charge on any atom is -0.497 e. The fraction of sp³-hybridized carbons (Fsp3) is 0.667. The van der Waals surface area contributed by atoms with Gasteiger partial charge < -0.3 is 24.8 Å². The Bertz CT molecular complexity index is 545. The van der Waals surface area contributed by atoms with Crippen LogP contribution in [-0.4, -0.2) is 58.6 Å². The molecule has 1 fully saturated rings. The molecule has 0 bridgehead atoms. The summed E-state index contributed by atoms with van der Waals surface area (Å²) in [6.45, 7) is 6.95. The summed E-state index contributed by atoms with van der Waals surface area (Å²) in [6.07, 6.45) is 5.56. The molecule has 0 spiro atoms. The molecule has 0 aliphatic carbocycles. The van der Waals surface area contributed by atoms with E-state index in [1.165, 1.54) is 5.56 Å². The van der Waals surface area contributed by atoms with Crippen molar-refractivity contribution in [1.29, 1.82) is 0 Å². The molecule has 1 aromatic carbocycles. The molecule has 1 aromatic rings. The SMILES string of the molecule is CCNC(=NCCCc1cccc(OC)c1)NCCCOCC1CCCO1. The number of aryl methyl sites for hydroxylation is 1. The zero-order valence-corrected chi connectivity index (χ0v) is 16.8. The Kier molecular flexibility index (Phi) is 10.7. The highest BCUT2D eigenvalue weighted by atomic mass is 16.5. The number of ether oxygens (including phenoxy) is 3. The third kappa shape index (κ3) is 9.11. The molecule has 1 atom stereocenters. The lowest BCUT2D eigenvalue weighted by Gasteiger charge is -2.12. The van der Waals surface area contributed by atoms with E-state index in [2.05, 4.69) is 34.7 Å². The largest absolute Gasteiger partial charge is 0.497 e. The highest BCUT2D eigenvalue weighted by molar-refractivity contribution is 5.79. The topological polar surface area (TPSA) is 64.1 Å². The van der Waals surface area contributed by atoms with Gasteiger partial charge in [0.1, 0.15) is 5.75 Å². The molecule has 2 N–H and O–H groups in total. The maximum atomic E-state index is 5.69. The van der Waals surface area contributed by atoms with Crippen molar-refractivity contribution in [3.05, 3.63) is 29.8 Å². The number of nitrogens with zero attached hydrogens (tertiary/aromatic N) is 1. The fourth-order valence-electron chi connectivity index (χ4n) is 3.02. The van der Waals surface area contributed by atoms with Crippen molar-refractivity contribution in [2.45, 2.75) is 45.1 Å². The Morgan fingerprint density at radius 2 is 2.22 bits per heavy atom. The third-order valence-electron chi connectivity index (χ3n) is 4.46. The quantitative estimate of drug-likeness (QED) is 0.333. The Hall–Kier alpha value is -1.79. The first kappa shape index (κ1) is 21.5. The van der Waals surface area contributed by atoms with Gasteiger partial charge >= 0.3 is 0 Å². The summed E-state index contributed by atoms with van der Waals surface area (Å²) >= 11 is 0. The third-order valence-corrected chi connectivity index (χ3v) is 4.46. The number of rotatable bonds is 12. The van der Waals surface area contributed by atoms with Crippen LogP contribution < -0.4 is 15.4 Å². The molecular weight excluding hydrogens is 342 g/mol. The molecule has 6 heteroatoms. The van der Waals surface area contributed by atoms with Crippen molar-refractivity contribution < 1.29 is 14.2 Å². The summed E-state index contributed by atoms with van der Waals surface area (Å²) in [4.78, 5) is 4.65. The molecule has 152 valence electrons. The molecule has 1 saturated heterocycles. The highest BCUT2D eigenvalue weighted by Gasteiger charge is 2.14. The first-order valence-corrected chi connectivity index (χ1v) is 10.2. The standard InChI is InChI=1S/C21H35N3O3/c1-3-22-21(24-13-7-14-26-17-20-11-6-15-27-20)23-12-5-9-18-8-4-10-19(16-18)25-2/h4,8,10,16,20H,3,5-7,9,11-15,17H2,1-2H3,(H2,22,23,24). The molecule has 0 saturated carbocycles. The van der Waals surface area contributed by atoms with E-state index in [0.717, 1.165) is 83.3 Å². The number of hydrogen-bond acceptors (Lipinski definition) is 4. The smallest absolute Gasteiger partial charge is 0.191 e. The molecule has 0 radical (unpaired) electrons. The highest BCUT2D eigenvalue weighted by Crippen LogP contribution is 2.14. The summed E-state index contributed by atoms with van der Waals surface area (Å²) in [7, 11) is 1.70. The van der Waals surface area contributed by atoms with E-state index in [1.807, 2.05) is 12.1 Å². The molecule has 1 heterocycles. The van der Waals surface area contributed by atoms with Crippen molar-refractivity contribution in [3.8, 4) is 5.75 Å². The maximum Gasteiger partial charge on any atom is 0.191 e. The number of guanidine groups is 1. The Balaban J connectivity index is 1.58. The minimum atomic E-state index is 0.307. The van der Waals surface area contributed by atoms with Gasteiger partial charge in [-0.05, 0) is 56.7 Å². The lowest BCUT2D eigenvalue weighted by atomic mass is 10.1. The van der Waals surface area contributed by atoms with Gasteiger partial charge in [-0.25, -0.2) is 0 Å². The van der Waals surface area contributed by atoms with Gasteiger partial charge in [0.2, 0.25) is 0 Å². The second kappa shape index (κ2) is 13.4. The van der Waals surface area contributed by atoms with Crippen molar-refractivity contribution >= 4 is 5.96 Å². The van der Waals surface area contributed by atoms with E-state index < -0.39 is 0 Å². The molecule has 1 aliphatic rings. The number of methoxy groups -OCH3 is 1. The molecule has 1 aliphatic heterocycles. The lowest BCUT2D eigenvalue weighted by molar-refractivity contribution is 0.0168. The number of hydrogen-bond donors (Lipinski definition) is 2. The minimum absolute atomic E-state index is 0.307. The average molecular weight is 378 g/mol. The molecule has 2 rings (SSSR count). The summed E-state index contributed by atoms with van der Waals surface area (Å²) in [6, 6.07) is 8.22. The zero-order valence-electron chi connectivity index (χ0n) is 16.8. The molecular formula is C21H35N3O3. The van der Waals surface area contributed by atoms with Gasteiger partial charge in [-0.1, -0.05) is 12.1 Å². The summed E-state index contributed by atoms with van der Waals surface area (Å²) in [5.74, 6) is 1.79. The van der Waals surface area contributed by atoms with Crippen LogP contribution in [0.25, 0.3) is 0 Å². The van der Waals surface area contributed by atoms with E-state index in [1.54, 1.807) is 7.11 Å². The second-order valence-electron chi connectivity index (χ2n) is 6.71. The summed E-state index contributed by atoms with van der Waals surface area (Å²) < 4.78 is 16.5. The molecule has 27 heavy (non-hydrogen) atoms. The summed E-state index contributed by atoms with van der Waals surface area (Å²) in [5.41, 5.74) is 1.28. The summed E-state index contributed by atoms with van der Waals surface area (Å²) in [5, 5.41) is 6.67. The van der Waals surface area contributed by atoms with Gasteiger partial charge in [0, 0.05) is 32.8 Å². The van der Waals surface area contributed by atoms with Crippen molar-refractivity contribution in [3.63, 3.8) is 0 Å². The number of aliphatic imine (C=N–C) groups is 1. The van der Waals surface area contributed by atoms with Crippen molar-refractivity contribution in [2.24, 2.45) is 4.99 Å². The monoisotopic (exact) mass is 377 g/mol. The van der Waals surface area contributed by atoms with Crippen LogP contribution in [0.3, 0.4) is 0 Å². The van der Waals surface area contributed by atoms with Gasteiger partial charge in [0.05, 0.1) is 19.8 Å². The van der Waals surface area contributed by atoms with Gasteiger partial charge in [-0.3, -0.25) is 4.99 Å². The van der Waals surface area contributed by atoms with Crippen LogP contribution in [0.2, 0.25) is 0 Å².